The number of carbonyl (C=O) groups excluding carboxylic acids is 1. The largest absolute Gasteiger partial charge is 0.433 e. The molecule has 1 aliphatic rings. The van der Waals surface area contributed by atoms with Crippen molar-refractivity contribution >= 4 is 11.6 Å². The van der Waals surface area contributed by atoms with E-state index in [4.69, 9.17) is 0 Å². The number of aryl methyl sites for hydroxylation is 3. The molecule has 0 unspecified atom stereocenters. The SMILES string of the molecule is Cc1cc(C)c(NC(=O)CN2CCN(Cc3cccnc3C(F)(F)F)CC2)c(C)c1. The number of anilines is 1. The summed E-state index contributed by atoms with van der Waals surface area (Å²) in [5.74, 6) is -0.0786. The molecule has 0 aliphatic carbocycles. The van der Waals surface area contributed by atoms with Gasteiger partial charge in [-0.3, -0.25) is 19.6 Å². The fourth-order valence-electron chi connectivity index (χ4n) is 3.93. The van der Waals surface area contributed by atoms with E-state index >= 15 is 0 Å². The molecule has 1 saturated heterocycles. The third-order valence-corrected chi connectivity index (χ3v) is 5.33. The van der Waals surface area contributed by atoms with Gasteiger partial charge in [-0.2, -0.15) is 13.2 Å². The molecule has 0 saturated carbocycles. The number of rotatable bonds is 5. The molecular weight excluding hydrogens is 393 g/mol. The Morgan fingerprint density at radius 1 is 1.07 bits per heavy atom. The maximum Gasteiger partial charge on any atom is 0.433 e. The van der Waals surface area contributed by atoms with Crippen LogP contribution in [0.3, 0.4) is 0 Å². The highest BCUT2D eigenvalue weighted by atomic mass is 19.4. The van der Waals surface area contributed by atoms with Gasteiger partial charge in [0.15, 0.2) is 0 Å². The fourth-order valence-corrected chi connectivity index (χ4v) is 3.93. The van der Waals surface area contributed by atoms with E-state index in [1.165, 1.54) is 18.3 Å². The van der Waals surface area contributed by atoms with Crippen molar-refractivity contribution in [2.24, 2.45) is 0 Å². The van der Waals surface area contributed by atoms with Gasteiger partial charge in [0.05, 0.1) is 6.54 Å². The van der Waals surface area contributed by atoms with Crippen LogP contribution >= 0.6 is 0 Å². The molecule has 30 heavy (non-hydrogen) atoms. The molecule has 0 bridgehead atoms. The maximum atomic E-state index is 13.1. The number of piperazine rings is 1. The number of nitrogens with zero attached hydrogens (tertiary/aromatic N) is 3. The van der Waals surface area contributed by atoms with Crippen LogP contribution in [0.1, 0.15) is 27.9 Å². The normalized spacial score (nSPS) is 15.9. The van der Waals surface area contributed by atoms with Crippen LogP contribution in [-0.2, 0) is 17.5 Å². The van der Waals surface area contributed by atoms with E-state index in [0.29, 0.717) is 26.2 Å². The Morgan fingerprint density at radius 2 is 1.67 bits per heavy atom. The van der Waals surface area contributed by atoms with E-state index < -0.39 is 11.9 Å². The monoisotopic (exact) mass is 420 g/mol. The summed E-state index contributed by atoms with van der Waals surface area (Å²) in [5, 5.41) is 3.00. The number of hydrogen-bond acceptors (Lipinski definition) is 4. The van der Waals surface area contributed by atoms with Crippen molar-refractivity contribution in [2.45, 2.75) is 33.5 Å². The van der Waals surface area contributed by atoms with Crippen molar-refractivity contribution in [3.8, 4) is 0 Å². The fraction of sp³-hybridized carbons (Fsp3) is 0.455. The number of halogens is 3. The molecule has 8 heteroatoms. The summed E-state index contributed by atoms with van der Waals surface area (Å²) in [6, 6.07) is 7.08. The molecule has 1 amide bonds. The summed E-state index contributed by atoms with van der Waals surface area (Å²) in [6.07, 6.45) is -3.29. The Kier molecular flexibility index (Phi) is 6.77. The summed E-state index contributed by atoms with van der Waals surface area (Å²) in [4.78, 5) is 20.0. The second-order valence-electron chi connectivity index (χ2n) is 7.88. The Hall–Kier alpha value is -2.45. The number of pyridine rings is 1. The molecule has 162 valence electrons. The average Bonchev–Trinajstić information content (AvgIpc) is 2.66. The van der Waals surface area contributed by atoms with Crippen LogP contribution in [0.4, 0.5) is 18.9 Å². The number of aromatic nitrogens is 1. The highest BCUT2D eigenvalue weighted by molar-refractivity contribution is 5.93. The van der Waals surface area contributed by atoms with E-state index in [0.717, 1.165) is 22.4 Å². The van der Waals surface area contributed by atoms with Gasteiger partial charge >= 0.3 is 6.18 Å². The molecular formula is C22H27F3N4O. The average molecular weight is 420 g/mol. The highest BCUT2D eigenvalue weighted by Crippen LogP contribution is 2.30. The van der Waals surface area contributed by atoms with Crippen molar-refractivity contribution in [1.82, 2.24) is 14.8 Å². The minimum atomic E-state index is -4.46. The van der Waals surface area contributed by atoms with Crippen LogP contribution in [-0.4, -0.2) is 53.4 Å². The minimum Gasteiger partial charge on any atom is -0.324 e. The second-order valence-corrected chi connectivity index (χ2v) is 7.88. The van der Waals surface area contributed by atoms with Crippen LogP contribution in [0.15, 0.2) is 30.5 Å². The molecule has 0 radical (unpaired) electrons. The van der Waals surface area contributed by atoms with Gasteiger partial charge in [0, 0.05) is 44.6 Å². The Morgan fingerprint density at radius 3 is 2.27 bits per heavy atom. The lowest BCUT2D eigenvalue weighted by Gasteiger charge is -2.34. The number of nitrogens with one attached hydrogen (secondary N) is 1. The molecule has 0 spiro atoms. The molecule has 1 aliphatic heterocycles. The number of hydrogen-bond donors (Lipinski definition) is 1. The molecule has 0 atom stereocenters. The topological polar surface area (TPSA) is 48.5 Å². The van der Waals surface area contributed by atoms with Crippen LogP contribution in [0.5, 0.6) is 0 Å². The first-order chi connectivity index (χ1) is 14.1. The highest BCUT2D eigenvalue weighted by Gasteiger charge is 2.35. The van der Waals surface area contributed by atoms with Gasteiger partial charge in [0.1, 0.15) is 5.69 Å². The van der Waals surface area contributed by atoms with Crippen LogP contribution in [0.2, 0.25) is 0 Å². The van der Waals surface area contributed by atoms with E-state index in [9.17, 15) is 18.0 Å². The van der Waals surface area contributed by atoms with Gasteiger partial charge in [-0.05, 0) is 43.5 Å². The predicted octanol–water partition coefficient (Wildman–Crippen LogP) is 3.78. The number of amides is 1. The zero-order chi connectivity index (χ0) is 21.9. The van der Waals surface area contributed by atoms with Crippen LogP contribution < -0.4 is 5.32 Å². The van der Waals surface area contributed by atoms with Gasteiger partial charge in [-0.25, -0.2) is 0 Å². The van der Waals surface area contributed by atoms with Crippen molar-refractivity contribution < 1.29 is 18.0 Å². The third kappa shape index (κ3) is 5.58. The van der Waals surface area contributed by atoms with Crippen molar-refractivity contribution in [2.75, 3.05) is 38.0 Å². The lowest BCUT2D eigenvalue weighted by Crippen LogP contribution is -2.48. The Bertz CT molecular complexity index is 882. The van der Waals surface area contributed by atoms with Crippen LogP contribution in [0, 0.1) is 20.8 Å². The summed E-state index contributed by atoms with van der Waals surface area (Å²) in [5.41, 5.74) is 3.42. The number of carbonyl (C=O) groups is 1. The first kappa shape index (κ1) is 22.2. The summed E-state index contributed by atoms with van der Waals surface area (Å²) >= 11 is 0. The van der Waals surface area contributed by atoms with Gasteiger partial charge < -0.3 is 5.32 Å². The maximum absolute atomic E-state index is 13.1. The lowest BCUT2D eigenvalue weighted by atomic mass is 10.1. The zero-order valence-electron chi connectivity index (χ0n) is 17.5. The summed E-state index contributed by atoms with van der Waals surface area (Å²) in [6.45, 7) is 8.88. The first-order valence-corrected chi connectivity index (χ1v) is 9.97. The smallest absolute Gasteiger partial charge is 0.324 e. The third-order valence-electron chi connectivity index (χ3n) is 5.33. The predicted molar refractivity (Wildman–Crippen MR) is 110 cm³/mol. The standard InChI is InChI=1S/C22H27F3N4O/c1-15-11-16(2)20(17(3)12-15)27-19(30)14-29-9-7-28(8-10-29)13-18-5-4-6-26-21(18)22(23,24)25/h4-6,11-12H,7-10,13-14H2,1-3H3,(H,27,30). The second kappa shape index (κ2) is 9.14. The van der Waals surface area contributed by atoms with E-state index in [2.05, 4.69) is 10.3 Å². The van der Waals surface area contributed by atoms with Gasteiger partial charge in [0.2, 0.25) is 5.91 Å². The van der Waals surface area contributed by atoms with Crippen molar-refractivity contribution in [3.63, 3.8) is 0 Å². The van der Waals surface area contributed by atoms with Crippen LogP contribution in [0.25, 0.3) is 0 Å². The van der Waals surface area contributed by atoms with Crippen molar-refractivity contribution in [3.05, 3.63) is 58.4 Å². The number of alkyl halides is 3. The Balaban J connectivity index is 1.53. The zero-order valence-corrected chi connectivity index (χ0v) is 17.5. The van der Waals surface area contributed by atoms with Gasteiger partial charge in [-0.15, -0.1) is 0 Å². The van der Waals surface area contributed by atoms with Gasteiger partial charge in [-0.1, -0.05) is 23.8 Å². The molecule has 2 heterocycles. The summed E-state index contributed by atoms with van der Waals surface area (Å²) < 4.78 is 39.4. The molecule has 5 nitrogen and oxygen atoms in total. The minimum absolute atomic E-state index is 0.0786. The molecule has 1 N–H and O–H groups in total. The molecule has 1 aromatic heterocycles. The lowest BCUT2D eigenvalue weighted by molar-refractivity contribution is -0.142. The van der Waals surface area contributed by atoms with E-state index in [1.807, 2.05) is 42.7 Å². The van der Waals surface area contributed by atoms with E-state index in [1.54, 1.807) is 0 Å². The molecule has 1 aromatic carbocycles. The van der Waals surface area contributed by atoms with Crippen molar-refractivity contribution in [1.29, 1.82) is 0 Å². The molecule has 2 aromatic rings. The quantitative estimate of drug-likeness (QED) is 0.800. The first-order valence-electron chi connectivity index (χ1n) is 9.97. The Labute approximate surface area is 174 Å². The number of benzene rings is 1. The van der Waals surface area contributed by atoms with Gasteiger partial charge in [0.25, 0.3) is 0 Å². The molecule has 1 fully saturated rings. The molecule has 3 rings (SSSR count). The van der Waals surface area contributed by atoms with E-state index in [-0.39, 0.29) is 24.6 Å². The summed E-state index contributed by atoms with van der Waals surface area (Å²) in [7, 11) is 0.